The molecule has 4 aliphatic rings. The fourth-order valence-electron chi connectivity index (χ4n) is 8.69. The third-order valence-electron chi connectivity index (χ3n) is 10.3. The number of hydrogen-bond acceptors (Lipinski definition) is 6. The fourth-order valence-corrected chi connectivity index (χ4v) is 9.18. The largest absolute Gasteiger partial charge is 0.446 e. The molecule has 7 heteroatoms. The van der Waals surface area contributed by atoms with Gasteiger partial charge in [0.1, 0.15) is 6.61 Å². The molecule has 6 nitrogen and oxygen atoms in total. The third kappa shape index (κ3) is 3.28. The van der Waals surface area contributed by atoms with Crippen LogP contribution in [0.5, 0.6) is 0 Å². The lowest BCUT2D eigenvalue weighted by molar-refractivity contribution is -0.182. The van der Waals surface area contributed by atoms with Crippen molar-refractivity contribution in [3.05, 3.63) is 59.7 Å². The Morgan fingerprint density at radius 2 is 1.78 bits per heavy atom. The number of rotatable bonds is 4. The van der Waals surface area contributed by atoms with Gasteiger partial charge in [0.2, 0.25) is 5.78 Å². The maximum Gasteiger partial charge on any atom is 0.339 e. The monoisotopic (exact) mass is 526 g/mol. The molecule has 3 unspecified atom stereocenters. The number of alkyl halides is 1. The van der Waals surface area contributed by atoms with E-state index in [0.29, 0.717) is 18.4 Å². The van der Waals surface area contributed by atoms with Crippen molar-refractivity contribution < 1.29 is 29.3 Å². The second kappa shape index (κ2) is 8.62. The van der Waals surface area contributed by atoms with E-state index in [4.69, 9.17) is 16.3 Å². The Morgan fingerprint density at radius 1 is 1.11 bits per heavy atom. The summed E-state index contributed by atoms with van der Waals surface area (Å²) in [7, 11) is 0. The number of halogens is 1. The molecule has 3 saturated carbocycles. The predicted molar refractivity (Wildman–Crippen MR) is 139 cm³/mol. The van der Waals surface area contributed by atoms with Gasteiger partial charge in [-0.25, -0.2) is 4.79 Å². The van der Waals surface area contributed by atoms with Gasteiger partial charge in [-0.05, 0) is 61.3 Å². The second-order valence-electron chi connectivity index (χ2n) is 12.0. The molecule has 0 amide bonds. The minimum Gasteiger partial charge on any atom is -0.446 e. The molecule has 0 bridgehead atoms. The molecular formula is C30H35ClO6. The number of ether oxygens (including phenoxy) is 1. The maximum absolute atomic E-state index is 13.6. The maximum atomic E-state index is 13.6. The molecule has 0 saturated heterocycles. The van der Waals surface area contributed by atoms with E-state index in [1.54, 1.807) is 36.4 Å². The third-order valence-corrected chi connectivity index (χ3v) is 11.3. The van der Waals surface area contributed by atoms with Crippen LogP contribution in [-0.4, -0.2) is 50.9 Å². The Morgan fingerprint density at radius 3 is 2.43 bits per heavy atom. The van der Waals surface area contributed by atoms with Crippen LogP contribution in [0.4, 0.5) is 0 Å². The smallest absolute Gasteiger partial charge is 0.339 e. The zero-order valence-electron chi connectivity index (χ0n) is 21.7. The van der Waals surface area contributed by atoms with Crippen LogP contribution in [0.3, 0.4) is 0 Å². The highest BCUT2D eigenvalue weighted by molar-refractivity contribution is 6.26. The van der Waals surface area contributed by atoms with E-state index in [9.17, 15) is 24.6 Å². The molecule has 4 aliphatic carbocycles. The van der Waals surface area contributed by atoms with Gasteiger partial charge in [0.25, 0.3) is 0 Å². The van der Waals surface area contributed by atoms with Crippen molar-refractivity contribution in [1.82, 2.24) is 0 Å². The number of aliphatic hydroxyl groups excluding tert-OH is 2. The average Bonchev–Trinajstić information content (AvgIpc) is 3.09. The number of carbonyl (C=O) groups is 3. The van der Waals surface area contributed by atoms with Crippen molar-refractivity contribution in [3.8, 4) is 0 Å². The molecule has 1 aromatic rings. The van der Waals surface area contributed by atoms with E-state index < -0.39 is 51.7 Å². The number of Topliss-reactive ketones (excluding diaryl/α,β-unsaturated/α-hetero) is 1. The lowest BCUT2D eigenvalue weighted by atomic mass is 9.44. The minimum absolute atomic E-state index is 0.0380. The Kier molecular flexibility index (Phi) is 6.13. The van der Waals surface area contributed by atoms with Crippen molar-refractivity contribution in [1.29, 1.82) is 0 Å². The van der Waals surface area contributed by atoms with Gasteiger partial charge in [-0.3, -0.25) is 9.59 Å². The summed E-state index contributed by atoms with van der Waals surface area (Å²) in [4.78, 5) is 38.1. The molecule has 2 N–H and O–H groups in total. The molecular weight excluding hydrogens is 492 g/mol. The second-order valence-corrected chi connectivity index (χ2v) is 12.6. The van der Waals surface area contributed by atoms with E-state index in [1.165, 1.54) is 6.08 Å². The van der Waals surface area contributed by atoms with Gasteiger partial charge in [0.05, 0.1) is 16.5 Å². The minimum atomic E-state index is -1.61. The molecule has 0 heterocycles. The van der Waals surface area contributed by atoms with Gasteiger partial charge in [0.15, 0.2) is 11.4 Å². The molecule has 37 heavy (non-hydrogen) atoms. The average molecular weight is 527 g/mol. The first-order valence-electron chi connectivity index (χ1n) is 13.1. The first kappa shape index (κ1) is 26.3. The molecule has 0 spiro atoms. The summed E-state index contributed by atoms with van der Waals surface area (Å²) in [6, 6.07) is 8.51. The lowest BCUT2D eigenvalue weighted by Gasteiger charge is -2.65. The highest BCUT2D eigenvalue weighted by Crippen LogP contribution is 2.72. The van der Waals surface area contributed by atoms with Crippen LogP contribution < -0.4 is 0 Å². The number of allylic oxidation sites excluding steroid dienone is 4. The quantitative estimate of drug-likeness (QED) is 0.449. The first-order chi connectivity index (χ1) is 17.4. The summed E-state index contributed by atoms with van der Waals surface area (Å²) >= 11 is 7.54. The van der Waals surface area contributed by atoms with Crippen molar-refractivity contribution in [2.24, 2.45) is 34.5 Å². The van der Waals surface area contributed by atoms with Crippen LogP contribution in [0.2, 0.25) is 0 Å². The molecule has 1 aromatic carbocycles. The predicted octanol–water partition coefficient (Wildman–Crippen LogP) is 4.28. The van der Waals surface area contributed by atoms with Gasteiger partial charge < -0.3 is 14.9 Å². The number of esters is 1. The van der Waals surface area contributed by atoms with Gasteiger partial charge in [0, 0.05) is 16.7 Å². The van der Waals surface area contributed by atoms with Gasteiger partial charge in [-0.1, -0.05) is 57.5 Å². The van der Waals surface area contributed by atoms with Crippen LogP contribution in [-0.2, 0) is 14.3 Å². The molecule has 198 valence electrons. The summed E-state index contributed by atoms with van der Waals surface area (Å²) < 4.78 is 6.18. The van der Waals surface area contributed by atoms with Crippen LogP contribution >= 0.6 is 11.6 Å². The number of aliphatic hydroxyl groups is 2. The van der Waals surface area contributed by atoms with Crippen LogP contribution in [0.25, 0.3) is 0 Å². The zero-order chi connectivity index (χ0) is 27.0. The molecule has 0 radical (unpaired) electrons. The van der Waals surface area contributed by atoms with Gasteiger partial charge in [-0.15, -0.1) is 11.6 Å². The summed E-state index contributed by atoms with van der Waals surface area (Å²) in [6.45, 7) is 7.09. The Balaban J connectivity index is 1.63. The standard InChI is InChI=1S/C30H35ClO6/c1-17-12-23-22-13-18(2)30(25(35)16-32,37-26(36)19-8-6-5-7-9-19)28(22,4)15-24(34)29(23,31)27(3)11-10-20(33)14-21(17)27/h5-11,14,17-18,22-24,32,34H,12-13,15-16H2,1-4H3/t17?,18?,22-,23-,24?,27-,28-,29-,30-/m0/s1. The van der Waals surface area contributed by atoms with E-state index in [1.807, 2.05) is 26.8 Å². The lowest BCUT2D eigenvalue weighted by Crippen LogP contribution is -2.70. The SMILES string of the molecule is CC1C[C@H]2[C@@H]3CC(C)[C@](OC(=O)c4ccccc4)(C(=O)CO)[C@@]3(C)CC(O)[C@]2(Cl)[C@@]2(C)C=CC(=O)C=C12. The van der Waals surface area contributed by atoms with E-state index in [-0.39, 0.29) is 30.0 Å². The summed E-state index contributed by atoms with van der Waals surface area (Å²) in [5.41, 5.74) is -2.07. The number of hydrogen-bond donors (Lipinski definition) is 2. The van der Waals surface area contributed by atoms with E-state index in [2.05, 4.69) is 6.92 Å². The van der Waals surface area contributed by atoms with Crippen molar-refractivity contribution >= 4 is 29.1 Å². The van der Waals surface area contributed by atoms with Crippen LogP contribution in [0, 0.1) is 34.5 Å². The number of ketones is 2. The number of fused-ring (bicyclic) bond motifs is 5. The molecule has 9 atom stereocenters. The van der Waals surface area contributed by atoms with E-state index in [0.717, 1.165) is 5.57 Å². The topological polar surface area (TPSA) is 101 Å². The summed E-state index contributed by atoms with van der Waals surface area (Å²) in [6.07, 6.45) is 5.28. The van der Waals surface area contributed by atoms with Crippen LogP contribution in [0.15, 0.2) is 54.1 Å². The van der Waals surface area contributed by atoms with Gasteiger partial charge in [-0.2, -0.15) is 0 Å². The highest BCUT2D eigenvalue weighted by Gasteiger charge is 2.76. The fraction of sp³-hybridized carbons (Fsp3) is 0.567. The zero-order valence-corrected chi connectivity index (χ0v) is 22.5. The summed E-state index contributed by atoms with van der Waals surface area (Å²) in [5.74, 6) is -2.00. The normalized spacial score (nSPS) is 44.4. The Labute approximate surface area is 222 Å². The van der Waals surface area contributed by atoms with Crippen molar-refractivity contribution in [3.63, 3.8) is 0 Å². The molecule has 5 rings (SSSR count). The van der Waals surface area contributed by atoms with Crippen LogP contribution in [0.1, 0.15) is 57.3 Å². The molecule has 3 fully saturated rings. The molecule has 0 aliphatic heterocycles. The Bertz CT molecular complexity index is 1210. The number of benzene rings is 1. The van der Waals surface area contributed by atoms with E-state index >= 15 is 0 Å². The summed E-state index contributed by atoms with van der Waals surface area (Å²) in [5, 5.41) is 22.0. The van der Waals surface area contributed by atoms with Crippen molar-refractivity contribution in [2.75, 3.05) is 6.61 Å². The van der Waals surface area contributed by atoms with Crippen molar-refractivity contribution in [2.45, 2.75) is 63.5 Å². The number of carbonyl (C=O) groups excluding carboxylic acids is 3. The molecule has 0 aromatic heterocycles. The highest BCUT2D eigenvalue weighted by atomic mass is 35.5. The first-order valence-corrected chi connectivity index (χ1v) is 13.5. The van der Waals surface area contributed by atoms with Gasteiger partial charge >= 0.3 is 5.97 Å². The Hall–Kier alpha value is -2.28.